The third-order valence-corrected chi connectivity index (χ3v) is 4.79. The van der Waals surface area contributed by atoms with E-state index >= 15 is 0 Å². The van der Waals surface area contributed by atoms with Crippen LogP contribution in [0, 0.1) is 5.92 Å². The second-order valence-electron chi connectivity index (χ2n) is 6.55. The molecule has 1 aliphatic carbocycles. The van der Waals surface area contributed by atoms with Crippen LogP contribution in [0.1, 0.15) is 44.2 Å². The van der Waals surface area contributed by atoms with Crippen molar-refractivity contribution < 1.29 is 14.3 Å². The molecule has 2 heterocycles. The molecular formula is C18H26N2O3. The van der Waals surface area contributed by atoms with Crippen molar-refractivity contribution in [3.8, 4) is 0 Å². The average Bonchev–Trinajstić information content (AvgIpc) is 3.14. The molecular weight excluding hydrogens is 292 g/mol. The molecule has 2 aliphatic rings. The first kappa shape index (κ1) is 16.2. The van der Waals surface area contributed by atoms with Gasteiger partial charge in [-0.1, -0.05) is 6.07 Å². The van der Waals surface area contributed by atoms with E-state index in [4.69, 9.17) is 9.47 Å². The van der Waals surface area contributed by atoms with Crippen LogP contribution in [0.5, 0.6) is 0 Å². The highest BCUT2D eigenvalue weighted by atomic mass is 16.6. The number of carbonyl (C=O) groups is 1. The minimum Gasteiger partial charge on any atom is -0.449 e. The van der Waals surface area contributed by atoms with Crippen LogP contribution in [0.4, 0.5) is 4.79 Å². The van der Waals surface area contributed by atoms with Gasteiger partial charge in [0, 0.05) is 19.3 Å². The molecule has 5 nitrogen and oxygen atoms in total. The molecule has 0 N–H and O–H groups in total. The minimum absolute atomic E-state index is 0.129. The summed E-state index contributed by atoms with van der Waals surface area (Å²) in [7, 11) is 0. The number of pyridine rings is 1. The summed E-state index contributed by atoms with van der Waals surface area (Å²) >= 11 is 0. The second-order valence-corrected chi connectivity index (χ2v) is 6.55. The zero-order chi connectivity index (χ0) is 15.9. The Kier molecular flexibility index (Phi) is 5.86. The smallest absolute Gasteiger partial charge is 0.409 e. The van der Waals surface area contributed by atoms with E-state index in [1.807, 2.05) is 23.1 Å². The number of aromatic nitrogens is 1. The van der Waals surface area contributed by atoms with Gasteiger partial charge in [0.05, 0.1) is 25.0 Å². The van der Waals surface area contributed by atoms with Crippen molar-refractivity contribution >= 4 is 6.09 Å². The first-order valence-electron chi connectivity index (χ1n) is 8.74. The normalized spacial score (nSPS) is 24.6. The average molecular weight is 318 g/mol. The Balaban J connectivity index is 1.31. The summed E-state index contributed by atoms with van der Waals surface area (Å²) in [5, 5.41) is 0. The second kappa shape index (κ2) is 8.29. The molecule has 1 saturated carbocycles. The number of likely N-dealkylation sites (tertiary alicyclic amines) is 1. The van der Waals surface area contributed by atoms with Crippen LogP contribution in [0.3, 0.4) is 0 Å². The molecule has 1 aliphatic heterocycles. The van der Waals surface area contributed by atoms with Gasteiger partial charge in [-0.2, -0.15) is 0 Å². The van der Waals surface area contributed by atoms with E-state index in [-0.39, 0.29) is 6.09 Å². The van der Waals surface area contributed by atoms with E-state index < -0.39 is 0 Å². The Labute approximate surface area is 138 Å². The lowest BCUT2D eigenvalue weighted by molar-refractivity contribution is -0.00311. The summed E-state index contributed by atoms with van der Waals surface area (Å²) in [6.07, 6.45) is 8.41. The highest BCUT2D eigenvalue weighted by molar-refractivity contribution is 5.67. The van der Waals surface area contributed by atoms with Gasteiger partial charge in [0.2, 0.25) is 0 Å². The number of amides is 1. The third-order valence-electron chi connectivity index (χ3n) is 4.79. The van der Waals surface area contributed by atoms with Gasteiger partial charge in [0.25, 0.3) is 0 Å². The van der Waals surface area contributed by atoms with Crippen molar-refractivity contribution in [1.29, 1.82) is 0 Å². The fraction of sp³-hybridized carbons (Fsp3) is 0.667. The van der Waals surface area contributed by atoms with Crippen LogP contribution < -0.4 is 0 Å². The fourth-order valence-corrected chi connectivity index (χ4v) is 3.33. The van der Waals surface area contributed by atoms with E-state index in [1.165, 1.54) is 0 Å². The number of rotatable bonds is 5. The molecule has 0 unspecified atom stereocenters. The maximum absolute atomic E-state index is 11.9. The van der Waals surface area contributed by atoms with E-state index in [9.17, 15) is 4.79 Å². The van der Waals surface area contributed by atoms with Crippen LogP contribution >= 0.6 is 0 Å². The van der Waals surface area contributed by atoms with Crippen molar-refractivity contribution in [2.75, 3.05) is 19.7 Å². The van der Waals surface area contributed by atoms with Gasteiger partial charge < -0.3 is 14.4 Å². The van der Waals surface area contributed by atoms with E-state index in [0.717, 1.165) is 57.3 Å². The topological polar surface area (TPSA) is 51.7 Å². The van der Waals surface area contributed by atoms with Gasteiger partial charge in [-0.25, -0.2) is 4.79 Å². The summed E-state index contributed by atoms with van der Waals surface area (Å²) in [6.45, 7) is 2.85. The largest absolute Gasteiger partial charge is 0.449 e. The predicted octanol–water partition coefficient (Wildman–Crippen LogP) is 3.39. The van der Waals surface area contributed by atoms with Crippen molar-refractivity contribution in [3.05, 3.63) is 30.1 Å². The lowest BCUT2D eigenvalue weighted by Gasteiger charge is -2.28. The van der Waals surface area contributed by atoms with E-state index in [2.05, 4.69) is 4.98 Å². The highest BCUT2D eigenvalue weighted by Gasteiger charge is 2.25. The molecule has 0 radical (unpaired) electrons. The van der Waals surface area contributed by atoms with Crippen molar-refractivity contribution in [2.24, 2.45) is 5.92 Å². The van der Waals surface area contributed by atoms with Crippen LogP contribution in [0.25, 0.3) is 0 Å². The summed E-state index contributed by atoms with van der Waals surface area (Å²) in [4.78, 5) is 18.0. The molecule has 5 heteroatoms. The Bertz CT molecular complexity index is 480. The van der Waals surface area contributed by atoms with Crippen LogP contribution in [0.15, 0.2) is 24.4 Å². The van der Waals surface area contributed by atoms with Gasteiger partial charge in [0.15, 0.2) is 0 Å². The molecule has 23 heavy (non-hydrogen) atoms. The van der Waals surface area contributed by atoms with Crippen molar-refractivity contribution in [2.45, 2.75) is 51.2 Å². The maximum atomic E-state index is 11.9. The molecule has 1 aromatic heterocycles. The van der Waals surface area contributed by atoms with Gasteiger partial charge in [-0.15, -0.1) is 0 Å². The number of carbonyl (C=O) groups excluding carboxylic acids is 1. The fourth-order valence-electron chi connectivity index (χ4n) is 3.33. The molecule has 2 fully saturated rings. The van der Waals surface area contributed by atoms with Gasteiger partial charge >= 0.3 is 6.09 Å². The number of hydrogen-bond acceptors (Lipinski definition) is 4. The lowest BCUT2D eigenvalue weighted by atomic mass is 9.88. The minimum atomic E-state index is -0.129. The molecule has 0 spiro atoms. The van der Waals surface area contributed by atoms with Crippen molar-refractivity contribution in [1.82, 2.24) is 9.88 Å². The molecule has 1 amide bonds. The molecule has 0 atom stereocenters. The zero-order valence-electron chi connectivity index (χ0n) is 13.7. The summed E-state index contributed by atoms with van der Waals surface area (Å²) in [5.74, 6) is 0.483. The summed E-state index contributed by atoms with van der Waals surface area (Å²) < 4.78 is 11.4. The van der Waals surface area contributed by atoms with Gasteiger partial charge in [-0.3, -0.25) is 4.98 Å². The number of ether oxygens (including phenoxy) is 2. The summed E-state index contributed by atoms with van der Waals surface area (Å²) in [5.41, 5.74) is 0.981. The maximum Gasteiger partial charge on any atom is 0.409 e. The van der Waals surface area contributed by atoms with Gasteiger partial charge in [-0.05, 0) is 56.6 Å². The molecule has 0 aromatic carbocycles. The number of nitrogens with zero attached hydrogens (tertiary/aromatic N) is 2. The Morgan fingerprint density at radius 2 is 1.96 bits per heavy atom. The monoisotopic (exact) mass is 318 g/mol. The Morgan fingerprint density at radius 1 is 1.17 bits per heavy atom. The molecule has 0 bridgehead atoms. The predicted molar refractivity (Wildman–Crippen MR) is 86.9 cm³/mol. The molecule has 3 rings (SSSR count). The van der Waals surface area contributed by atoms with Crippen LogP contribution in [-0.2, 0) is 16.1 Å². The SMILES string of the molecule is O=C(OCC1CCC(OCc2ccccn2)CC1)N1CCCC1. The lowest BCUT2D eigenvalue weighted by Crippen LogP contribution is -2.31. The van der Waals surface area contributed by atoms with Crippen molar-refractivity contribution in [3.63, 3.8) is 0 Å². The first-order valence-corrected chi connectivity index (χ1v) is 8.74. The standard InChI is InChI=1S/C18H26N2O3/c21-18(20-11-3-4-12-20)23-13-15-6-8-17(9-7-15)22-14-16-5-1-2-10-19-16/h1-2,5,10,15,17H,3-4,6-9,11-14H2. The zero-order valence-corrected chi connectivity index (χ0v) is 13.7. The molecule has 1 aromatic rings. The Hall–Kier alpha value is -1.62. The summed E-state index contributed by atoms with van der Waals surface area (Å²) in [6, 6.07) is 5.89. The first-order chi connectivity index (χ1) is 11.3. The third kappa shape index (κ3) is 4.93. The van der Waals surface area contributed by atoms with Crippen LogP contribution in [-0.4, -0.2) is 41.8 Å². The highest BCUT2D eigenvalue weighted by Crippen LogP contribution is 2.27. The van der Waals surface area contributed by atoms with Gasteiger partial charge in [0.1, 0.15) is 0 Å². The molecule has 1 saturated heterocycles. The van der Waals surface area contributed by atoms with E-state index in [1.54, 1.807) is 6.20 Å². The number of hydrogen-bond donors (Lipinski definition) is 0. The van der Waals surface area contributed by atoms with Crippen LogP contribution in [0.2, 0.25) is 0 Å². The quantitative estimate of drug-likeness (QED) is 0.835. The Morgan fingerprint density at radius 3 is 2.65 bits per heavy atom. The van der Waals surface area contributed by atoms with E-state index in [0.29, 0.717) is 25.2 Å². The molecule has 126 valence electrons.